The summed E-state index contributed by atoms with van der Waals surface area (Å²) in [6.07, 6.45) is 4.07. The van der Waals surface area contributed by atoms with Gasteiger partial charge in [-0.3, -0.25) is 4.79 Å². The van der Waals surface area contributed by atoms with E-state index in [1.807, 2.05) is 0 Å². The largest absolute Gasteiger partial charge is 0.383 e. The number of nitrogens with two attached hydrogens (primary N) is 1. The van der Waals surface area contributed by atoms with Crippen LogP contribution in [0.5, 0.6) is 0 Å². The number of hydrogen-bond acceptors (Lipinski definition) is 5. The molecular weight excluding hydrogens is 378 g/mol. The molecule has 0 amide bonds. The van der Waals surface area contributed by atoms with Gasteiger partial charge >= 0.3 is 0 Å². The van der Waals surface area contributed by atoms with Crippen molar-refractivity contribution in [1.29, 1.82) is 0 Å². The Morgan fingerprint density at radius 1 is 1.42 bits per heavy atom. The van der Waals surface area contributed by atoms with Crippen molar-refractivity contribution in [3.63, 3.8) is 0 Å². The van der Waals surface area contributed by atoms with Crippen LogP contribution in [0.4, 0.5) is 5.82 Å². The first-order valence-electron chi connectivity index (χ1n) is 8.48. The Hall–Kier alpha value is -1.84. The second kappa shape index (κ2) is 6.11. The molecule has 3 heterocycles. The maximum Gasteiger partial charge on any atom is 0.256 e. The summed E-state index contributed by atoms with van der Waals surface area (Å²) in [5, 5.41) is 4.88. The average molecular weight is 398 g/mol. The van der Waals surface area contributed by atoms with Gasteiger partial charge in [0.15, 0.2) is 0 Å². The van der Waals surface area contributed by atoms with Crippen LogP contribution in [0.25, 0.3) is 0 Å². The van der Waals surface area contributed by atoms with Gasteiger partial charge < -0.3 is 10.7 Å². The minimum Gasteiger partial charge on any atom is -0.383 e. The van der Waals surface area contributed by atoms with Crippen LogP contribution >= 0.6 is 11.6 Å². The van der Waals surface area contributed by atoms with Crippen molar-refractivity contribution >= 4 is 33.3 Å². The number of carbonyl (C=O) groups excluding carboxylic acids is 1. The summed E-state index contributed by atoms with van der Waals surface area (Å²) in [6, 6.07) is 1.80. The summed E-state index contributed by atoms with van der Waals surface area (Å²) in [5.74, 6) is -0.233. The normalized spacial score (nSPS) is 20.6. The molecule has 140 valence electrons. The highest BCUT2D eigenvalue weighted by Crippen LogP contribution is 2.35. The van der Waals surface area contributed by atoms with Crippen LogP contribution in [0, 0.1) is 0 Å². The van der Waals surface area contributed by atoms with E-state index < -0.39 is 10.0 Å². The molecule has 2 aromatic rings. The van der Waals surface area contributed by atoms with Gasteiger partial charge in [-0.1, -0.05) is 11.6 Å². The zero-order valence-corrected chi connectivity index (χ0v) is 15.9. The van der Waals surface area contributed by atoms with Gasteiger partial charge in [0.25, 0.3) is 5.91 Å². The van der Waals surface area contributed by atoms with E-state index in [1.54, 1.807) is 6.07 Å². The summed E-state index contributed by atoms with van der Waals surface area (Å²) < 4.78 is 26.2. The molecule has 0 saturated carbocycles. The lowest BCUT2D eigenvalue weighted by molar-refractivity contribution is 0.0854. The Kier molecular flexibility index (Phi) is 4.13. The summed E-state index contributed by atoms with van der Waals surface area (Å²) in [5.41, 5.74) is 9.39. The molecule has 2 aromatic heterocycles. The number of anilines is 1. The van der Waals surface area contributed by atoms with E-state index in [-0.39, 0.29) is 18.4 Å². The van der Waals surface area contributed by atoms with Gasteiger partial charge in [0.05, 0.1) is 24.4 Å². The van der Waals surface area contributed by atoms with Crippen molar-refractivity contribution in [3.05, 3.63) is 33.7 Å². The first-order valence-corrected chi connectivity index (χ1v) is 10.7. The molecule has 8 nitrogen and oxygen atoms in total. The maximum atomic E-state index is 13.1. The molecule has 3 N–H and O–H groups in total. The third kappa shape index (κ3) is 2.83. The Bertz CT molecular complexity index is 994. The Balaban J connectivity index is 1.68. The van der Waals surface area contributed by atoms with Crippen molar-refractivity contribution < 1.29 is 13.2 Å². The number of rotatable bonds is 2. The molecule has 2 aliphatic rings. The number of H-pyrrole nitrogens is 1. The highest BCUT2D eigenvalue weighted by Gasteiger charge is 2.34. The standard InChI is InChI=1S/C16H20ClN5O3S/c1-26(24,25)21-6-5-10-13(8-21)20-22(15(10)18)16(23)9-3-2-4-12-11(9)7-14(17)19-12/h7,9,19H,2-6,8,18H2,1H3/t9-/m1/s1. The number of nitrogens with one attached hydrogen (secondary N) is 1. The number of nitrogens with zero attached hydrogens (tertiary/aromatic N) is 3. The lowest BCUT2D eigenvalue weighted by Gasteiger charge is -2.23. The molecule has 1 aliphatic heterocycles. The van der Waals surface area contributed by atoms with Gasteiger partial charge in [0, 0.05) is 17.8 Å². The van der Waals surface area contributed by atoms with Crippen LogP contribution in [0.2, 0.25) is 5.15 Å². The van der Waals surface area contributed by atoms with E-state index in [2.05, 4.69) is 10.1 Å². The molecule has 1 aliphatic carbocycles. The van der Waals surface area contributed by atoms with E-state index >= 15 is 0 Å². The van der Waals surface area contributed by atoms with Crippen molar-refractivity contribution in [3.8, 4) is 0 Å². The molecule has 26 heavy (non-hydrogen) atoms. The van der Waals surface area contributed by atoms with Crippen LogP contribution in [-0.4, -0.2) is 46.2 Å². The van der Waals surface area contributed by atoms with Crippen molar-refractivity contribution in [2.75, 3.05) is 18.5 Å². The van der Waals surface area contributed by atoms with Crippen LogP contribution in [0.1, 0.15) is 46.1 Å². The van der Waals surface area contributed by atoms with Crippen molar-refractivity contribution in [1.82, 2.24) is 19.1 Å². The zero-order chi connectivity index (χ0) is 18.6. The lowest BCUT2D eigenvalue weighted by Crippen LogP contribution is -2.35. The number of halogens is 1. The highest BCUT2D eigenvalue weighted by molar-refractivity contribution is 7.88. The molecule has 4 rings (SSSR count). The Labute approximate surface area is 156 Å². The van der Waals surface area contributed by atoms with Crippen LogP contribution in [-0.2, 0) is 29.4 Å². The van der Waals surface area contributed by atoms with E-state index in [9.17, 15) is 13.2 Å². The van der Waals surface area contributed by atoms with Crippen molar-refractivity contribution in [2.24, 2.45) is 0 Å². The van der Waals surface area contributed by atoms with E-state index in [1.165, 1.54) is 15.2 Å². The molecule has 0 saturated heterocycles. The van der Waals surface area contributed by atoms with Crippen LogP contribution in [0.15, 0.2) is 6.07 Å². The lowest BCUT2D eigenvalue weighted by atomic mass is 9.86. The SMILES string of the molecule is CS(=O)(=O)N1CCc2c(nn(C(=O)[C@@H]3CCCc4[nH]c(Cl)cc43)c2N)C1. The number of nitrogen functional groups attached to an aromatic ring is 1. The van der Waals surface area contributed by atoms with Crippen LogP contribution < -0.4 is 5.73 Å². The second-order valence-electron chi connectivity index (χ2n) is 6.90. The summed E-state index contributed by atoms with van der Waals surface area (Å²) in [6.45, 7) is 0.488. The quantitative estimate of drug-likeness (QED) is 0.797. The van der Waals surface area contributed by atoms with Gasteiger partial charge in [-0.05, 0) is 37.3 Å². The molecule has 0 radical (unpaired) electrons. The molecule has 0 bridgehead atoms. The molecule has 0 aromatic carbocycles. The van der Waals surface area contributed by atoms with E-state index in [0.29, 0.717) is 36.1 Å². The number of aromatic nitrogens is 3. The van der Waals surface area contributed by atoms with E-state index in [4.69, 9.17) is 17.3 Å². The summed E-state index contributed by atoms with van der Waals surface area (Å²) in [4.78, 5) is 16.2. The van der Waals surface area contributed by atoms with Crippen molar-refractivity contribution in [2.45, 2.75) is 38.1 Å². The minimum absolute atomic E-state index is 0.143. The predicted molar refractivity (Wildman–Crippen MR) is 97.7 cm³/mol. The summed E-state index contributed by atoms with van der Waals surface area (Å²) >= 11 is 6.06. The first-order chi connectivity index (χ1) is 12.3. The fourth-order valence-electron chi connectivity index (χ4n) is 3.88. The first kappa shape index (κ1) is 17.6. The number of sulfonamides is 1. The molecule has 0 unspecified atom stereocenters. The molecule has 0 spiro atoms. The third-order valence-electron chi connectivity index (χ3n) is 5.22. The fraction of sp³-hybridized carbons (Fsp3) is 0.500. The third-order valence-corrected chi connectivity index (χ3v) is 6.67. The number of aromatic amines is 1. The average Bonchev–Trinajstić information content (AvgIpc) is 3.12. The Morgan fingerprint density at radius 2 is 2.19 bits per heavy atom. The number of carbonyl (C=O) groups is 1. The van der Waals surface area contributed by atoms with Gasteiger partial charge in [-0.15, -0.1) is 0 Å². The van der Waals surface area contributed by atoms with Gasteiger partial charge in [0.1, 0.15) is 11.0 Å². The smallest absolute Gasteiger partial charge is 0.256 e. The van der Waals surface area contributed by atoms with Crippen LogP contribution in [0.3, 0.4) is 0 Å². The minimum atomic E-state index is -3.31. The van der Waals surface area contributed by atoms with Gasteiger partial charge in [-0.25, -0.2) is 8.42 Å². The Morgan fingerprint density at radius 3 is 2.92 bits per heavy atom. The molecule has 1 atom stereocenters. The topological polar surface area (TPSA) is 114 Å². The predicted octanol–water partition coefficient (Wildman–Crippen LogP) is 1.52. The molecule has 0 fully saturated rings. The highest BCUT2D eigenvalue weighted by atomic mass is 35.5. The fourth-order valence-corrected chi connectivity index (χ4v) is 4.89. The zero-order valence-electron chi connectivity index (χ0n) is 14.3. The van der Waals surface area contributed by atoms with Gasteiger partial charge in [-0.2, -0.15) is 14.1 Å². The number of hydrogen-bond donors (Lipinski definition) is 2. The van der Waals surface area contributed by atoms with E-state index in [0.717, 1.165) is 29.7 Å². The monoisotopic (exact) mass is 397 g/mol. The second-order valence-corrected chi connectivity index (χ2v) is 9.29. The van der Waals surface area contributed by atoms with Gasteiger partial charge in [0.2, 0.25) is 10.0 Å². The molecule has 10 heteroatoms. The summed E-state index contributed by atoms with van der Waals surface area (Å²) in [7, 11) is -3.31. The number of fused-ring (bicyclic) bond motifs is 2. The number of aryl methyl sites for hydroxylation is 1. The maximum absolute atomic E-state index is 13.1. The molecular formula is C16H20ClN5O3S.